The standard InChI is InChI=1S/C27H21ClF3N3O3.C13H13Cl2NO2/c1-26(10-11-26)25(36)32-14-15-2-8-20(28)19(12-15)23(35)33-18-7-9-22-21(13-18)34-24(37-22)16-3-5-17(6-4-16)27(29,30)31;1-13(4-5-13)12(18)16-7-8-2-3-10(14)9(6-8)11(15)17/h2-9,12-13H,10-11,14H2,1H3,(H,32,36)(H,33,35);2-3,6H,4-5,7H2,1H3,(H,16,18). The van der Waals surface area contributed by atoms with Gasteiger partial charge in [-0.2, -0.15) is 13.2 Å². The molecule has 0 saturated heterocycles. The molecule has 0 radical (unpaired) electrons. The third-order valence-electron chi connectivity index (χ3n) is 9.63. The number of carbonyl (C=O) groups excluding carboxylic acids is 4. The Labute approximate surface area is 328 Å². The highest BCUT2D eigenvalue weighted by Gasteiger charge is 2.45. The summed E-state index contributed by atoms with van der Waals surface area (Å²) in [4.78, 5) is 52.4. The van der Waals surface area contributed by atoms with E-state index in [4.69, 9.17) is 39.2 Å². The summed E-state index contributed by atoms with van der Waals surface area (Å²) in [5.74, 6) is -0.246. The second-order valence-electron chi connectivity index (χ2n) is 14.1. The normalized spacial score (nSPS) is 15.0. The van der Waals surface area contributed by atoms with Gasteiger partial charge in [0, 0.05) is 35.2 Å². The minimum absolute atomic E-state index is 0.00923. The number of fused-ring (bicyclic) bond motifs is 1. The number of amides is 3. The van der Waals surface area contributed by atoms with E-state index in [9.17, 15) is 32.3 Å². The molecule has 3 amide bonds. The Kier molecular flexibility index (Phi) is 11.3. The van der Waals surface area contributed by atoms with Crippen LogP contribution in [0.2, 0.25) is 10.0 Å². The lowest BCUT2D eigenvalue weighted by atomic mass is 10.1. The maximum absolute atomic E-state index is 13.0. The molecule has 2 aliphatic rings. The molecule has 1 aromatic heterocycles. The van der Waals surface area contributed by atoms with Gasteiger partial charge >= 0.3 is 6.18 Å². The number of hydrogen-bond donors (Lipinski definition) is 3. The molecular weight excluding hydrogens is 780 g/mol. The molecule has 2 saturated carbocycles. The molecule has 0 bridgehead atoms. The Morgan fingerprint density at radius 2 is 1.27 bits per heavy atom. The van der Waals surface area contributed by atoms with Gasteiger partial charge in [-0.3, -0.25) is 19.2 Å². The van der Waals surface area contributed by atoms with Crippen LogP contribution in [-0.4, -0.2) is 27.9 Å². The highest BCUT2D eigenvalue weighted by atomic mass is 35.5. The number of hydrogen-bond acceptors (Lipinski definition) is 6. The highest BCUT2D eigenvalue weighted by Crippen LogP contribution is 2.45. The molecule has 7 rings (SSSR count). The van der Waals surface area contributed by atoms with Crippen LogP contribution >= 0.6 is 34.8 Å². The van der Waals surface area contributed by atoms with Crippen LogP contribution in [0.15, 0.2) is 83.3 Å². The van der Waals surface area contributed by atoms with Crippen LogP contribution < -0.4 is 16.0 Å². The molecule has 0 atom stereocenters. The van der Waals surface area contributed by atoms with E-state index in [2.05, 4.69) is 20.9 Å². The SMILES string of the molecule is CC1(C(=O)NCc2ccc(Cl)c(C(=O)Cl)c2)CC1.CC1(C(=O)NCc2ccc(Cl)c(C(=O)Nc3ccc4oc(-c5ccc(C(F)(F)F)cc5)nc4c3)c2)CC1. The second-order valence-corrected chi connectivity index (χ2v) is 15.3. The van der Waals surface area contributed by atoms with Crippen molar-refractivity contribution >= 4 is 74.6 Å². The van der Waals surface area contributed by atoms with E-state index in [1.807, 2.05) is 13.8 Å². The smallest absolute Gasteiger partial charge is 0.416 e. The fourth-order valence-corrected chi connectivity index (χ4v) is 6.05. The molecule has 2 fully saturated rings. The molecule has 286 valence electrons. The van der Waals surface area contributed by atoms with E-state index in [0.29, 0.717) is 33.9 Å². The second kappa shape index (κ2) is 15.7. The first-order valence-electron chi connectivity index (χ1n) is 17.2. The monoisotopic (exact) mass is 812 g/mol. The summed E-state index contributed by atoms with van der Waals surface area (Å²) in [7, 11) is 0. The maximum atomic E-state index is 13.0. The van der Waals surface area contributed by atoms with Gasteiger partial charge in [0.05, 0.1) is 26.7 Å². The first-order chi connectivity index (χ1) is 25.9. The Bertz CT molecular complexity index is 2300. The average Bonchev–Trinajstić information content (AvgIpc) is 4.05. The van der Waals surface area contributed by atoms with E-state index >= 15 is 0 Å². The molecule has 5 aromatic rings. The Morgan fingerprint density at radius 1 is 0.745 bits per heavy atom. The van der Waals surface area contributed by atoms with Crippen molar-refractivity contribution < 1.29 is 36.8 Å². The van der Waals surface area contributed by atoms with Gasteiger partial charge in [-0.15, -0.1) is 0 Å². The predicted octanol–water partition coefficient (Wildman–Crippen LogP) is 9.97. The first-order valence-corrected chi connectivity index (χ1v) is 18.3. The number of oxazole rings is 1. The van der Waals surface area contributed by atoms with E-state index in [1.54, 1.807) is 54.6 Å². The quantitative estimate of drug-likeness (QED) is 0.120. The number of nitrogens with zero attached hydrogens (tertiary/aromatic N) is 1. The summed E-state index contributed by atoms with van der Waals surface area (Å²) in [6.07, 6.45) is -0.822. The Hall–Kier alpha value is -4.91. The van der Waals surface area contributed by atoms with Crippen molar-refractivity contribution in [1.29, 1.82) is 0 Å². The highest BCUT2D eigenvalue weighted by molar-refractivity contribution is 6.68. The van der Waals surface area contributed by atoms with Gasteiger partial charge in [0.1, 0.15) is 5.52 Å². The topological polar surface area (TPSA) is 130 Å². The zero-order chi connectivity index (χ0) is 39.7. The van der Waals surface area contributed by atoms with Crippen LogP contribution in [0.4, 0.5) is 18.9 Å². The Balaban J connectivity index is 0.000000239. The lowest BCUT2D eigenvalue weighted by molar-refractivity contribution is -0.137. The first kappa shape index (κ1) is 39.8. The molecule has 0 spiro atoms. The molecule has 0 unspecified atom stereocenters. The number of rotatable bonds is 10. The molecular formula is C40H34Cl3F3N4O5. The largest absolute Gasteiger partial charge is 0.436 e. The van der Waals surface area contributed by atoms with Crippen molar-refractivity contribution in [1.82, 2.24) is 15.6 Å². The van der Waals surface area contributed by atoms with Crippen LogP contribution in [-0.2, 0) is 28.9 Å². The summed E-state index contributed by atoms with van der Waals surface area (Å²) in [6, 6.07) is 19.3. The van der Waals surface area contributed by atoms with Gasteiger partial charge in [-0.25, -0.2) is 4.98 Å². The van der Waals surface area contributed by atoms with Crippen LogP contribution in [0.5, 0.6) is 0 Å². The van der Waals surface area contributed by atoms with Crippen LogP contribution in [0, 0.1) is 10.8 Å². The fourth-order valence-electron chi connectivity index (χ4n) is 5.44. The van der Waals surface area contributed by atoms with Crippen LogP contribution in [0.1, 0.15) is 76.9 Å². The van der Waals surface area contributed by atoms with Crippen molar-refractivity contribution in [2.75, 3.05) is 5.32 Å². The summed E-state index contributed by atoms with van der Waals surface area (Å²) in [5.41, 5.74) is 2.45. The number of aromatic nitrogens is 1. The minimum Gasteiger partial charge on any atom is -0.436 e. The average molecular weight is 814 g/mol. The van der Waals surface area contributed by atoms with Crippen LogP contribution in [0.3, 0.4) is 0 Å². The number of halogens is 6. The number of alkyl halides is 3. The molecule has 9 nitrogen and oxygen atoms in total. The van der Waals surface area contributed by atoms with Gasteiger partial charge in [-0.05, 0) is 115 Å². The zero-order valence-electron chi connectivity index (χ0n) is 29.5. The molecule has 3 N–H and O–H groups in total. The summed E-state index contributed by atoms with van der Waals surface area (Å²) in [5, 5.41) is 8.50. The molecule has 4 aromatic carbocycles. The van der Waals surface area contributed by atoms with Crippen molar-refractivity contribution in [3.05, 3.63) is 117 Å². The van der Waals surface area contributed by atoms with E-state index in [0.717, 1.165) is 48.9 Å². The molecule has 0 aliphatic heterocycles. The Morgan fingerprint density at radius 3 is 1.78 bits per heavy atom. The fraction of sp³-hybridized carbons (Fsp3) is 0.275. The van der Waals surface area contributed by atoms with Crippen LogP contribution in [0.25, 0.3) is 22.6 Å². The van der Waals surface area contributed by atoms with Gasteiger partial charge in [-0.1, -0.05) is 49.2 Å². The summed E-state index contributed by atoms with van der Waals surface area (Å²) >= 11 is 17.5. The van der Waals surface area contributed by atoms with Crippen molar-refractivity contribution in [3.8, 4) is 11.5 Å². The number of anilines is 1. The lowest BCUT2D eigenvalue weighted by Gasteiger charge is -2.12. The van der Waals surface area contributed by atoms with Gasteiger partial charge in [0.15, 0.2) is 5.58 Å². The van der Waals surface area contributed by atoms with Crippen molar-refractivity contribution in [2.45, 2.75) is 58.8 Å². The molecule has 2 aliphatic carbocycles. The summed E-state index contributed by atoms with van der Waals surface area (Å²) < 4.78 is 44.1. The third-order valence-corrected chi connectivity index (χ3v) is 10.5. The molecule has 15 heteroatoms. The number of carbonyl (C=O) groups is 4. The molecule has 55 heavy (non-hydrogen) atoms. The lowest BCUT2D eigenvalue weighted by Crippen LogP contribution is -2.29. The number of benzene rings is 4. The van der Waals surface area contributed by atoms with E-state index in [-0.39, 0.29) is 51.2 Å². The van der Waals surface area contributed by atoms with Gasteiger partial charge in [0.2, 0.25) is 17.7 Å². The van der Waals surface area contributed by atoms with E-state index in [1.165, 1.54) is 12.1 Å². The summed E-state index contributed by atoms with van der Waals surface area (Å²) in [6.45, 7) is 4.52. The van der Waals surface area contributed by atoms with Crippen molar-refractivity contribution in [3.63, 3.8) is 0 Å². The minimum atomic E-state index is -4.43. The number of nitrogens with one attached hydrogen (secondary N) is 3. The maximum Gasteiger partial charge on any atom is 0.416 e. The van der Waals surface area contributed by atoms with Crippen molar-refractivity contribution in [2.24, 2.45) is 10.8 Å². The molecule has 1 heterocycles. The predicted molar refractivity (Wildman–Crippen MR) is 204 cm³/mol. The zero-order valence-corrected chi connectivity index (χ0v) is 31.8. The van der Waals surface area contributed by atoms with Gasteiger partial charge in [0.25, 0.3) is 11.1 Å². The van der Waals surface area contributed by atoms with Gasteiger partial charge < -0.3 is 20.4 Å². The third kappa shape index (κ3) is 9.67. The van der Waals surface area contributed by atoms with E-state index < -0.39 is 22.9 Å².